The summed E-state index contributed by atoms with van der Waals surface area (Å²) in [6.07, 6.45) is -3.42. The summed E-state index contributed by atoms with van der Waals surface area (Å²) in [6.45, 7) is 2.56. The summed E-state index contributed by atoms with van der Waals surface area (Å²) < 4.78 is 41.1. The topological polar surface area (TPSA) is 85.5 Å². The molecule has 3 rings (SSSR count). The van der Waals surface area contributed by atoms with Gasteiger partial charge in [-0.1, -0.05) is 11.6 Å². The van der Waals surface area contributed by atoms with Gasteiger partial charge in [0.15, 0.2) is 0 Å². The number of hydrogen-bond acceptors (Lipinski definition) is 4. The molecule has 2 heterocycles. The molecule has 0 bridgehead atoms. The van der Waals surface area contributed by atoms with E-state index in [1.807, 2.05) is 0 Å². The highest BCUT2D eigenvalue weighted by Crippen LogP contribution is 2.38. The predicted molar refractivity (Wildman–Crippen MR) is 106 cm³/mol. The molecule has 0 saturated carbocycles. The SMILES string of the molecule is CC(=O)N1CCN(c2ccc(NC(=O)c3c(Cl)cc[nH]c3=O)cc2C(F)(F)F)CC1. The summed E-state index contributed by atoms with van der Waals surface area (Å²) in [5, 5.41) is 2.17. The molecule has 0 atom stereocenters. The molecule has 1 aliphatic rings. The number of hydrogen-bond donors (Lipinski definition) is 2. The number of piperazine rings is 1. The van der Waals surface area contributed by atoms with Crippen LogP contribution in [0.5, 0.6) is 0 Å². The van der Waals surface area contributed by atoms with Crippen molar-refractivity contribution in [2.45, 2.75) is 13.1 Å². The van der Waals surface area contributed by atoms with Crippen molar-refractivity contribution in [3.05, 3.63) is 57.0 Å². The second kappa shape index (κ2) is 8.39. The first kappa shape index (κ1) is 21.7. The number of carbonyl (C=O) groups is 2. The van der Waals surface area contributed by atoms with Gasteiger partial charge in [-0.2, -0.15) is 13.2 Å². The van der Waals surface area contributed by atoms with Gasteiger partial charge in [-0.15, -0.1) is 0 Å². The Balaban J connectivity index is 1.88. The largest absolute Gasteiger partial charge is 0.418 e. The van der Waals surface area contributed by atoms with Crippen molar-refractivity contribution >= 4 is 34.8 Å². The van der Waals surface area contributed by atoms with Crippen molar-refractivity contribution in [1.29, 1.82) is 0 Å². The maximum absolute atomic E-state index is 13.7. The minimum atomic E-state index is -4.67. The van der Waals surface area contributed by atoms with E-state index in [0.29, 0.717) is 13.1 Å². The van der Waals surface area contributed by atoms with Crippen LogP contribution in [-0.4, -0.2) is 47.9 Å². The normalized spacial score (nSPS) is 14.6. The monoisotopic (exact) mass is 442 g/mol. The molecule has 2 aromatic rings. The maximum atomic E-state index is 13.7. The highest BCUT2D eigenvalue weighted by Gasteiger charge is 2.36. The number of rotatable bonds is 3. The van der Waals surface area contributed by atoms with Gasteiger partial charge in [0.05, 0.1) is 10.6 Å². The summed E-state index contributed by atoms with van der Waals surface area (Å²) in [7, 11) is 0. The van der Waals surface area contributed by atoms with Crippen molar-refractivity contribution in [2.24, 2.45) is 0 Å². The van der Waals surface area contributed by atoms with Crippen molar-refractivity contribution in [3.8, 4) is 0 Å². The molecule has 160 valence electrons. The Bertz CT molecular complexity index is 1030. The van der Waals surface area contributed by atoms with Gasteiger partial charge < -0.3 is 20.1 Å². The molecule has 1 fully saturated rings. The van der Waals surface area contributed by atoms with E-state index in [1.54, 1.807) is 9.80 Å². The molecule has 1 aromatic carbocycles. The first-order valence-corrected chi connectivity index (χ1v) is 9.36. The zero-order chi connectivity index (χ0) is 22.1. The van der Waals surface area contributed by atoms with E-state index in [2.05, 4.69) is 10.3 Å². The number of benzene rings is 1. The van der Waals surface area contributed by atoms with Crippen LogP contribution >= 0.6 is 11.6 Å². The van der Waals surface area contributed by atoms with Crippen molar-refractivity contribution in [1.82, 2.24) is 9.88 Å². The number of aromatic amines is 1. The van der Waals surface area contributed by atoms with Crippen LogP contribution in [0.3, 0.4) is 0 Å². The van der Waals surface area contributed by atoms with E-state index < -0.39 is 28.8 Å². The third kappa shape index (κ3) is 4.59. The van der Waals surface area contributed by atoms with Crippen LogP contribution in [-0.2, 0) is 11.0 Å². The summed E-state index contributed by atoms with van der Waals surface area (Å²) in [5.74, 6) is -1.05. The summed E-state index contributed by atoms with van der Waals surface area (Å²) >= 11 is 5.86. The molecule has 0 radical (unpaired) electrons. The van der Waals surface area contributed by atoms with Gasteiger partial charge >= 0.3 is 6.18 Å². The summed E-state index contributed by atoms with van der Waals surface area (Å²) in [5.41, 5.74) is -2.24. The van der Waals surface area contributed by atoms with Crippen LogP contribution in [0.2, 0.25) is 5.02 Å². The summed E-state index contributed by atoms with van der Waals surface area (Å²) in [6, 6.07) is 4.70. The molecule has 1 aliphatic heterocycles. The van der Waals surface area contributed by atoms with E-state index >= 15 is 0 Å². The highest BCUT2D eigenvalue weighted by atomic mass is 35.5. The van der Waals surface area contributed by atoms with E-state index in [0.717, 1.165) is 6.07 Å². The van der Waals surface area contributed by atoms with Crippen molar-refractivity contribution in [2.75, 3.05) is 36.4 Å². The van der Waals surface area contributed by atoms with E-state index in [-0.39, 0.29) is 35.4 Å². The number of nitrogens with one attached hydrogen (secondary N) is 2. The van der Waals surface area contributed by atoms with Crippen LogP contribution in [0, 0.1) is 0 Å². The van der Waals surface area contributed by atoms with Gasteiger partial charge in [-0.05, 0) is 24.3 Å². The fourth-order valence-electron chi connectivity index (χ4n) is 3.24. The first-order chi connectivity index (χ1) is 14.1. The maximum Gasteiger partial charge on any atom is 0.418 e. The van der Waals surface area contributed by atoms with E-state index in [9.17, 15) is 27.6 Å². The van der Waals surface area contributed by atoms with Gasteiger partial charge in [0.2, 0.25) is 5.91 Å². The molecular weight excluding hydrogens is 425 g/mol. The van der Waals surface area contributed by atoms with Gasteiger partial charge in [-0.3, -0.25) is 14.4 Å². The second-order valence-corrected chi connectivity index (χ2v) is 7.11. The Hall–Kier alpha value is -3.01. The minimum absolute atomic E-state index is 0.0423. The van der Waals surface area contributed by atoms with Crippen LogP contribution in [0.4, 0.5) is 24.5 Å². The van der Waals surface area contributed by atoms with Crippen LogP contribution < -0.4 is 15.8 Å². The van der Waals surface area contributed by atoms with Gasteiger partial charge in [0.25, 0.3) is 11.5 Å². The highest BCUT2D eigenvalue weighted by molar-refractivity contribution is 6.34. The third-order valence-corrected chi connectivity index (χ3v) is 5.08. The number of nitrogens with zero attached hydrogens (tertiary/aromatic N) is 2. The average molecular weight is 443 g/mol. The molecule has 2 amide bonds. The molecule has 11 heteroatoms. The Morgan fingerprint density at radius 2 is 1.80 bits per heavy atom. The molecule has 0 spiro atoms. The van der Waals surface area contributed by atoms with E-state index in [1.165, 1.54) is 31.3 Å². The second-order valence-electron chi connectivity index (χ2n) is 6.71. The molecule has 7 nitrogen and oxygen atoms in total. The Labute approximate surface area is 174 Å². The summed E-state index contributed by atoms with van der Waals surface area (Å²) in [4.78, 5) is 41.0. The fourth-order valence-corrected chi connectivity index (χ4v) is 3.47. The number of aromatic nitrogens is 1. The van der Waals surface area contributed by atoms with Crippen LogP contribution in [0.1, 0.15) is 22.8 Å². The lowest BCUT2D eigenvalue weighted by Crippen LogP contribution is -2.48. The van der Waals surface area contributed by atoms with Crippen LogP contribution in [0.15, 0.2) is 35.3 Å². The molecule has 1 saturated heterocycles. The molecular formula is C19H18ClF3N4O3. The number of anilines is 2. The van der Waals surface area contributed by atoms with E-state index in [4.69, 9.17) is 11.6 Å². The number of H-pyrrole nitrogens is 1. The number of carbonyl (C=O) groups excluding carboxylic acids is 2. The Morgan fingerprint density at radius 1 is 1.13 bits per heavy atom. The predicted octanol–water partition coefficient (Wildman–Crippen LogP) is 2.97. The average Bonchev–Trinajstić information content (AvgIpc) is 2.67. The third-order valence-electron chi connectivity index (χ3n) is 4.76. The van der Waals surface area contributed by atoms with Crippen molar-refractivity contribution < 1.29 is 22.8 Å². The van der Waals surface area contributed by atoms with Gasteiger partial charge in [0.1, 0.15) is 5.56 Å². The van der Waals surface area contributed by atoms with Gasteiger partial charge in [-0.25, -0.2) is 0 Å². The number of alkyl halides is 3. The molecule has 0 unspecified atom stereocenters. The minimum Gasteiger partial charge on any atom is -0.367 e. The first-order valence-electron chi connectivity index (χ1n) is 8.98. The van der Waals surface area contributed by atoms with Crippen LogP contribution in [0.25, 0.3) is 0 Å². The Morgan fingerprint density at radius 3 is 2.37 bits per heavy atom. The quantitative estimate of drug-likeness (QED) is 0.765. The number of halogens is 4. The molecule has 30 heavy (non-hydrogen) atoms. The molecule has 1 aromatic heterocycles. The standard InChI is InChI=1S/C19H18ClF3N4O3/c1-11(28)26-6-8-27(9-7-26)15-3-2-12(10-13(15)19(21,22)23)25-18(30)16-14(20)4-5-24-17(16)29/h2-5,10H,6-9H2,1H3,(H,24,29)(H,25,30). The molecule has 2 N–H and O–H groups in total. The smallest absolute Gasteiger partial charge is 0.367 e. The fraction of sp³-hybridized carbons (Fsp3) is 0.316. The van der Waals surface area contributed by atoms with Gasteiger partial charge in [0, 0.05) is 50.7 Å². The lowest BCUT2D eigenvalue weighted by atomic mass is 10.1. The zero-order valence-corrected chi connectivity index (χ0v) is 16.6. The lowest BCUT2D eigenvalue weighted by Gasteiger charge is -2.36. The Kier molecular flexibility index (Phi) is 6.06. The number of pyridine rings is 1. The molecule has 0 aliphatic carbocycles. The number of amides is 2. The zero-order valence-electron chi connectivity index (χ0n) is 15.8. The lowest BCUT2D eigenvalue weighted by molar-refractivity contribution is -0.137. The van der Waals surface area contributed by atoms with Crippen molar-refractivity contribution in [3.63, 3.8) is 0 Å².